The van der Waals surface area contributed by atoms with E-state index in [2.05, 4.69) is 65.5 Å². The van der Waals surface area contributed by atoms with Gasteiger partial charge in [-0.15, -0.1) is 0 Å². The average molecular weight is 312 g/mol. The van der Waals surface area contributed by atoms with Crippen LogP contribution in [0.3, 0.4) is 0 Å². The summed E-state index contributed by atoms with van der Waals surface area (Å²) in [6.45, 7) is 6.71. The molecule has 2 aromatic rings. The number of fused-ring (bicyclic) bond motifs is 1. The van der Waals surface area contributed by atoms with Crippen molar-refractivity contribution < 1.29 is 0 Å². The highest BCUT2D eigenvalue weighted by molar-refractivity contribution is 9.10. The van der Waals surface area contributed by atoms with Gasteiger partial charge in [-0.1, -0.05) is 28.9 Å². The second kappa shape index (κ2) is 5.49. The van der Waals surface area contributed by atoms with E-state index in [-0.39, 0.29) is 0 Å². The molecule has 0 aliphatic rings. The first kappa shape index (κ1) is 13.0. The van der Waals surface area contributed by atoms with Crippen LogP contribution in [0.2, 0.25) is 0 Å². The Morgan fingerprint density at radius 3 is 2.71 bits per heavy atom. The van der Waals surface area contributed by atoms with Crippen LogP contribution in [-0.4, -0.2) is 10.3 Å². The van der Waals surface area contributed by atoms with Gasteiger partial charge in [0.1, 0.15) is 0 Å². The van der Waals surface area contributed by atoms with Crippen molar-refractivity contribution in [1.82, 2.24) is 4.57 Å². The summed E-state index contributed by atoms with van der Waals surface area (Å²) < 4.78 is 3.60. The molecule has 92 valence electrons. The highest BCUT2D eigenvalue weighted by Crippen LogP contribution is 2.28. The molecule has 0 atom stereocenters. The minimum atomic E-state index is 0.509. The van der Waals surface area contributed by atoms with E-state index < -0.39 is 0 Å². The van der Waals surface area contributed by atoms with E-state index in [1.165, 1.54) is 22.3 Å². The van der Waals surface area contributed by atoms with Gasteiger partial charge in [0.25, 0.3) is 0 Å². The number of hydrogen-bond donors (Lipinski definition) is 0. The van der Waals surface area contributed by atoms with Gasteiger partial charge >= 0.3 is 0 Å². The van der Waals surface area contributed by atoms with Crippen LogP contribution in [-0.2, 0) is 5.75 Å². The van der Waals surface area contributed by atoms with Crippen molar-refractivity contribution in [3.63, 3.8) is 0 Å². The third-order valence-corrected chi connectivity index (χ3v) is 4.26. The first-order chi connectivity index (χ1) is 8.13. The Labute approximate surface area is 116 Å². The Morgan fingerprint density at radius 1 is 1.29 bits per heavy atom. The molecule has 0 unspecified atom stereocenters. The van der Waals surface area contributed by atoms with Crippen LogP contribution in [0.1, 0.15) is 32.5 Å². The second-order valence-corrected chi connectivity index (χ2v) is 6.63. The zero-order chi connectivity index (χ0) is 12.4. The fourth-order valence-electron chi connectivity index (χ4n) is 2.18. The topological polar surface area (TPSA) is 4.93 Å². The van der Waals surface area contributed by atoms with Crippen molar-refractivity contribution >= 4 is 38.6 Å². The van der Waals surface area contributed by atoms with Crippen LogP contribution >= 0.6 is 27.7 Å². The van der Waals surface area contributed by atoms with E-state index in [4.69, 9.17) is 0 Å². The van der Waals surface area contributed by atoms with E-state index in [1.807, 2.05) is 11.8 Å². The predicted molar refractivity (Wildman–Crippen MR) is 81.9 cm³/mol. The lowest BCUT2D eigenvalue weighted by molar-refractivity contribution is 0.606. The third-order valence-electron chi connectivity index (χ3n) is 2.85. The molecule has 0 bridgehead atoms. The van der Waals surface area contributed by atoms with Crippen molar-refractivity contribution in [3.05, 3.63) is 34.4 Å². The summed E-state index contributed by atoms with van der Waals surface area (Å²) in [6.07, 6.45) is 0. The van der Waals surface area contributed by atoms with Crippen molar-refractivity contribution in [2.24, 2.45) is 0 Å². The molecule has 0 saturated heterocycles. The van der Waals surface area contributed by atoms with Gasteiger partial charge in [-0.3, -0.25) is 0 Å². The molecule has 0 aliphatic carbocycles. The zero-order valence-corrected chi connectivity index (χ0v) is 12.9. The molecule has 0 spiro atoms. The molecule has 1 nitrogen and oxygen atoms in total. The van der Waals surface area contributed by atoms with E-state index in [0.29, 0.717) is 6.04 Å². The van der Waals surface area contributed by atoms with Crippen LogP contribution < -0.4 is 0 Å². The van der Waals surface area contributed by atoms with Crippen molar-refractivity contribution in [2.75, 3.05) is 5.75 Å². The number of hydrogen-bond acceptors (Lipinski definition) is 1. The fourth-order valence-corrected chi connectivity index (χ4v) is 3.16. The summed E-state index contributed by atoms with van der Waals surface area (Å²) in [5.74, 6) is 2.27. The molecule has 1 heterocycles. The summed E-state index contributed by atoms with van der Waals surface area (Å²) in [4.78, 5) is 0. The normalized spacial score (nSPS) is 11.6. The standard InChI is InChI=1S/C14H18BrNS/c1-4-17-9-13-7-11-5-6-12(15)8-14(11)16(13)10(2)3/h5-8,10H,4,9H2,1-3H3. The van der Waals surface area contributed by atoms with Gasteiger partial charge in [0.05, 0.1) is 0 Å². The van der Waals surface area contributed by atoms with E-state index >= 15 is 0 Å². The Bertz CT molecular complexity index is 516. The minimum absolute atomic E-state index is 0.509. The van der Waals surface area contributed by atoms with E-state index in [9.17, 15) is 0 Å². The number of thioether (sulfide) groups is 1. The molecule has 0 aliphatic heterocycles. The summed E-state index contributed by atoms with van der Waals surface area (Å²) in [5.41, 5.74) is 2.76. The zero-order valence-electron chi connectivity index (χ0n) is 10.5. The largest absolute Gasteiger partial charge is 0.341 e. The Hall–Kier alpha value is -0.410. The molecular formula is C14H18BrNS. The molecule has 0 fully saturated rings. The maximum absolute atomic E-state index is 3.56. The number of rotatable bonds is 4. The molecule has 2 rings (SSSR count). The highest BCUT2D eigenvalue weighted by atomic mass is 79.9. The van der Waals surface area contributed by atoms with Gasteiger partial charge < -0.3 is 4.57 Å². The summed E-state index contributed by atoms with van der Waals surface area (Å²) in [6, 6.07) is 9.36. The first-order valence-electron chi connectivity index (χ1n) is 6.00. The Balaban J connectivity index is 2.54. The predicted octanol–water partition coefficient (Wildman–Crippen LogP) is 5.24. The lowest BCUT2D eigenvalue weighted by Gasteiger charge is -2.14. The lowest BCUT2D eigenvalue weighted by atomic mass is 10.2. The lowest BCUT2D eigenvalue weighted by Crippen LogP contribution is -2.04. The van der Waals surface area contributed by atoms with E-state index in [1.54, 1.807) is 0 Å². The summed E-state index contributed by atoms with van der Waals surface area (Å²) in [7, 11) is 0. The molecule has 0 N–H and O–H groups in total. The van der Waals surface area contributed by atoms with E-state index in [0.717, 1.165) is 10.2 Å². The quantitative estimate of drug-likeness (QED) is 0.747. The SMILES string of the molecule is CCSCc1cc2ccc(Br)cc2n1C(C)C. The van der Waals surface area contributed by atoms with Gasteiger partial charge in [-0.05, 0) is 43.2 Å². The van der Waals surface area contributed by atoms with Crippen LogP contribution in [0.25, 0.3) is 10.9 Å². The number of benzene rings is 1. The molecular weight excluding hydrogens is 294 g/mol. The molecule has 0 amide bonds. The maximum Gasteiger partial charge on any atom is 0.0496 e. The number of nitrogens with zero attached hydrogens (tertiary/aromatic N) is 1. The van der Waals surface area contributed by atoms with Crippen molar-refractivity contribution in [3.8, 4) is 0 Å². The second-order valence-electron chi connectivity index (χ2n) is 4.44. The maximum atomic E-state index is 3.56. The van der Waals surface area contributed by atoms with Crippen LogP contribution in [0, 0.1) is 0 Å². The number of aromatic nitrogens is 1. The fraction of sp³-hybridized carbons (Fsp3) is 0.429. The smallest absolute Gasteiger partial charge is 0.0496 e. The summed E-state index contributed by atoms with van der Waals surface area (Å²) >= 11 is 5.54. The molecule has 1 aromatic heterocycles. The molecule has 0 saturated carbocycles. The van der Waals surface area contributed by atoms with Gasteiger partial charge in [0.15, 0.2) is 0 Å². The highest BCUT2D eigenvalue weighted by Gasteiger charge is 2.11. The molecule has 17 heavy (non-hydrogen) atoms. The van der Waals surface area contributed by atoms with Crippen LogP contribution in [0.4, 0.5) is 0 Å². The minimum Gasteiger partial charge on any atom is -0.341 e. The molecule has 3 heteroatoms. The summed E-state index contributed by atoms with van der Waals surface area (Å²) in [5, 5.41) is 1.34. The third kappa shape index (κ3) is 2.71. The Morgan fingerprint density at radius 2 is 2.06 bits per heavy atom. The Kier molecular flexibility index (Phi) is 4.21. The molecule has 0 radical (unpaired) electrons. The van der Waals surface area contributed by atoms with Crippen molar-refractivity contribution in [2.45, 2.75) is 32.6 Å². The van der Waals surface area contributed by atoms with Crippen LogP contribution in [0.15, 0.2) is 28.7 Å². The van der Waals surface area contributed by atoms with Crippen molar-refractivity contribution in [1.29, 1.82) is 0 Å². The van der Waals surface area contributed by atoms with Gasteiger partial charge in [-0.25, -0.2) is 0 Å². The average Bonchev–Trinajstić information content (AvgIpc) is 2.63. The van der Waals surface area contributed by atoms with Gasteiger partial charge in [0.2, 0.25) is 0 Å². The monoisotopic (exact) mass is 311 g/mol. The molecule has 1 aromatic carbocycles. The number of halogens is 1. The van der Waals surface area contributed by atoms with Gasteiger partial charge in [-0.2, -0.15) is 11.8 Å². The first-order valence-corrected chi connectivity index (χ1v) is 7.95. The van der Waals surface area contributed by atoms with Gasteiger partial charge in [0, 0.05) is 27.5 Å². The van der Waals surface area contributed by atoms with Crippen LogP contribution in [0.5, 0.6) is 0 Å².